The Morgan fingerprint density at radius 1 is 1.15 bits per heavy atom. The maximum Gasteiger partial charge on any atom is 0.373 e. The van der Waals surface area contributed by atoms with Crippen molar-refractivity contribution < 1.29 is 32.1 Å². The number of benzene rings is 2. The van der Waals surface area contributed by atoms with Gasteiger partial charge in [-0.25, -0.2) is 8.42 Å². The van der Waals surface area contributed by atoms with Crippen molar-refractivity contribution >= 4 is 33.6 Å². The van der Waals surface area contributed by atoms with E-state index in [0.717, 1.165) is 11.1 Å². The highest BCUT2D eigenvalue weighted by Gasteiger charge is 2.19. The largest absolute Gasteiger partial charge is 0.457 e. The summed E-state index contributed by atoms with van der Waals surface area (Å²) >= 11 is 6.16. The Labute approximate surface area is 196 Å². The summed E-state index contributed by atoms with van der Waals surface area (Å²) in [6.45, 7) is 3.38. The van der Waals surface area contributed by atoms with Crippen molar-refractivity contribution in [2.75, 3.05) is 5.75 Å². The van der Waals surface area contributed by atoms with Crippen LogP contribution in [0.25, 0.3) is 11.3 Å². The van der Waals surface area contributed by atoms with Crippen LogP contribution in [-0.2, 0) is 41.1 Å². The zero-order chi connectivity index (χ0) is 24.4. The van der Waals surface area contributed by atoms with E-state index in [0.29, 0.717) is 21.8 Å². The Morgan fingerprint density at radius 2 is 1.79 bits per heavy atom. The zero-order valence-corrected chi connectivity index (χ0v) is 19.6. The van der Waals surface area contributed by atoms with Gasteiger partial charge in [0, 0.05) is 27.5 Å². The minimum Gasteiger partial charge on any atom is -0.457 e. The number of rotatable bonds is 8. The smallest absolute Gasteiger partial charge is 0.373 e. The van der Waals surface area contributed by atoms with Gasteiger partial charge >= 0.3 is 12.1 Å². The van der Waals surface area contributed by atoms with Gasteiger partial charge in [0.05, 0.1) is 12.2 Å². The van der Waals surface area contributed by atoms with E-state index in [2.05, 4.69) is 5.16 Å². The first kappa shape index (κ1) is 26.0. The maximum atomic E-state index is 12.4. The van der Waals surface area contributed by atoms with Gasteiger partial charge < -0.3 is 9.26 Å². The lowest BCUT2D eigenvalue weighted by Crippen LogP contribution is -2.12. The molecule has 8 nitrogen and oxygen atoms in total. The third-order valence-electron chi connectivity index (χ3n) is 4.68. The second kappa shape index (κ2) is 12.1. The molecule has 1 unspecified atom stereocenters. The molecule has 0 aliphatic rings. The quantitative estimate of drug-likeness (QED) is 0.430. The molecule has 1 heterocycles. The third-order valence-corrected chi connectivity index (χ3v) is 6.68. The van der Waals surface area contributed by atoms with Crippen molar-refractivity contribution in [2.24, 2.45) is 0 Å². The Morgan fingerprint density at radius 3 is 2.39 bits per heavy atom. The van der Waals surface area contributed by atoms with Crippen LogP contribution < -0.4 is 0 Å². The van der Waals surface area contributed by atoms with Crippen molar-refractivity contribution in [3.63, 3.8) is 0 Å². The highest BCUT2D eigenvalue weighted by molar-refractivity contribution is 7.90. The fourth-order valence-electron chi connectivity index (χ4n) is 3.00. The standard InChI is InChI=1S/C22H22ClNO5S.CO2/c1-3-30(26,27)14-16-8-10-17(11-9-16)22-18(13-28-24-22)12-21(25)29-15(2)19-6-4-5-7-20(19)23;2-1-3/h4-11,13,15H,3,12,14H2,1-2H3;. The van der Waals surface area contributed by atoms with Crippen LogP contribution in [-0.4, -0.2) is 31.4 Å². The SMILES string of the molecule is CCS(=O)(=O)Cc1ccc(-c2nocc2CC(=O)OC(C)c2ccccc2Cl)cc1.O=C=O. The summed E-state index contributed by atoms with van der Waals surface area (Å²) in [5, 5.41) is 4.52. The molecule has 2 aromatic carbocycles. The molecule has 0 fully saturated rings. The molecule has 33 heavy (non-hydrogen) atoms. The van der Waals surface area contributed by atoms with E-state index in [1.807, 2.05) is 18.2 Å². The monoisotopic (exact) mass is 491 g/mol. The lowest BCUT2D eigenvalue weighted by atomic mass is 10.0. The van der Waals surface area contributed by atoms with Crippen LogP contribution in [0.1, 0.15) is 36.6 Å². The second-order valence-electron chi connectivity index (χ2n) is 6.98. The summed E-state index contributed by atoms with van der Waals surface area (Å²) in [6, 6.07) is 14.2. The van der Waals surface area contributed by atoms with Gasteiger partial charge in [0.1, 0.15) is 18.1 Å². The van der Waals surface area contributed by atoms with Gasteiger partial charge in [0.2, 0.25) is 0 Å². The lowest BCUT2D eigenvalue weighted by Gasteiger charge is -2.14. The van der Waals surface area contributed by atoms with Crippen LogP contribution in [0.4, 0.5) is 0 Å². The molecule has 0 aliphatic carbocycles. The predicted molar refractivity (Wildman–Crippen MR) is 120 cm³/mol. The van der Waals surface area contributed by atoms with E-state index >= 15 is 0 Å². The minimum atomic E-state index is -3.11. The zero-order valence-electron chi connectivity index (χ0n) is 18.0. The molecule has 0 amide bonds. The molecule has 1 atom stereocenters. The molecule has 174 valence electrons. The molecule has 0 spiro atoms. The fourth-order valence-corrected chi connectivity index (χ4v) is 4.19. The highest BCUT2D eigenvalue weighted by atomic mass is 35.5. The van der Waals surface area contributed by atoms with Crippen LogP contribution in [0.5, 0.6) is 0 Å². The topological polar surface area (TPSA) is 121 Å². The number of halogens is 1. The summed E-state index contributed by atoms with van der Waals surface area (Å²) in [4.78, 5) is 28.7. The predicted octanol–water partition coefficient (Wildman–Crippen LogP) is 4.19. The van der Waals surface area contributed by atoms with Crippen LogP contribution in [0, 0.1) is 0 Å². The van der Waals surface area contributed by atoms with E-state index in [4.69, 9.17) is 30.4 Å². The van der Waals surface area contributed by atoms with Crippen molar-refractivity contribution in [3.05, 3.63) is 76.5 Å². The first-order valence-electron chi connectivity index (χ1n) is 9.86. The Hall–Kier alpha value is -3.26. The number of nitrogens with zero attached hydrogens (tertiary/aromatic N) is 1. The summed E-state index contributed by atoms with van der Waals surface area (Å²) in [5.74, 6) is -0.351. The molecule has 1 aromatic heterocycles. The Kier molecular flexibility index (Phi) is 9.54. The van der Waals surface area contributed by atoms with Crippen LogP contribution >= 0.6 is 11.6 Å². The summed E-state index contributed by atoms with van der Waals surface area (Å²) in [6.07, 6.45) is 1.15. The van der Waals surface area contributed by atoms with Crippen molar-refractivity contribution in [3.8, 4) is 11.3 Å². The first-order chi connectivity index (χ1) is 15.7. The van der Waals surface area contributed by atoms with E-state index < -0.39 is 21.9 Å². The molecule has 0 N–H and O–H groups in total. The van der Waals surface area contributed by atoms with E-state index in [-0.39, 0.29) is 24.1 Å². The number of aromatic nitrogens is 1. The molecule has 0 bridgehead atoms. The van der Waals surface area contributed by atoms with Gasteiger partial charge in [-0.2, -0.15) is 9.59 Å². The maximum absolute atomic E-state index is 12.4. The number of hydrogen-bond donors (Lipinski definition) is 0. The number of sulfone groups is 1. The second-order valence-corrected chi connectivity index (χ2v) is 9.74. The molecular formula is C23H22ClNO7S. The molecule has 3 rings (SSSR count). The summed E-state index contributed by atoms with van der Waals surface area (Å²) < 4.78 is 34.1. The van der Waals surface area contributed by atoms with E-state index in [9.17, 15) is 13.2 Å². The number of carbonyl (C=O) groups excluding carboxylic acids is 3. The summed E-state index contributed by atoms with van der Waals surface area (Å²) in [5.41, 5.74) is 3.25. The fraction of sp³-hybridized carbons (Fsp3) is 0.261. The van der Waals surface area contributed by atoms with Crippen LogP contribution in [0.2, 0.25) is 5.02 Å². The normalized spacial score (nSPS) is 11.6. The van der Waals surface area contributed by atoms with Gasteiger partial charge in [-0.05, 0) is 18.6 Å². The lowest BCUT2D eigenvalue weighted by molar-refractivity contribution is -0.191. The average Bonchev–Trinajstić information content (AvgIpc) is 3.22. The van der Waals surface area contributed by atoms with Gasteiger partial charge in [-0.15, -0.1) is 0 Å². The van der Waals surface area contributed by atoms with Gasteiger partial charge in [0.25, 0.3) is 0 Å². The number of hydrogen-bond acceptors (Lipinski definition) is 8. The molecular weight excluding hydrogens is 470 g/mol. The van der Waals surface area contributed by atoms with Crippen molar-refractivity contribution in [1.29, 1.82) is 0 Å². The number of carbonyl (C=O) groups is 1. The Balaban J connectivity index is 0.00000122. The minimum absolute atomic E-state index is 0.0122. The molecule has 10 heteroatoms. The van der Waals surface area contributed by atoms with Gasteiger partial charge in [-0.3, -0.25) is 4.79 Å². The molecule has 0 aliphatic heterocycles. The number of esters is 1. The van der Waals surface area contributed by atoms with Gasteiger partial charge in [0.15, 0.2) is 9.84 Å². The third kappa shape index (κ3) is 7.68. The van der Waals surface area contributed by atoms with Crippen LogP contribution in [0.15, 0.2) is 59.3 Å². The van der Waals surface area contributed by atoms with E-state index in [1.165, 1.54) is 6.26 Å². The Bertz CT molecular complexity index is 1210. The average molecular weight is 492 g/mol. The molecule has 0 saturated heterocycles. The van der Waals surface area contributed by atoms with Crippen molar-refractivity contribution in [2.45, 2.75) is 32.1 Å². The summed E-state index contributed by atoms with van der Waals surface area (Å²) in [7, 11) is -3.11. The molecule has 0 radical (unpaired) electrons. The van der Waals surface area contributed by atoms with Crippen molar-refractivity contribution in [1.82, 2.24) is 5.16 Å². The van der Waals surface area contributed by atoms with E-state index in [1.54, 1.807) is 44.2 Å². The molecule has 3 aromatic rings. The van der Waals surface area contributed by atoms with Crippen LogP contribution in [0.3, 0.4) is 0 Å². The number of ether oxygens (including phenoxy) is 1. The molecule has 0 saturated carbocycles. The first-order valence-corrected chi connectivity index (χ1v) is 12.1. The highest BCUT2D eigenvalue weighted by Crippen LogP contribution is 2.27. The van der Waals surface area contributed by atoms with Gasteiger partial charge in [-0.1, -0.05) is 66.1 Å².